The van der Waals surface area contributed by atoms with E-state index in [1.165, 1.54) is 6.08 Å². The molecule has 3 heterocycles. The summed E-state index contributed by atoms with van der Waals surface area (Å²) in [5, 5.41) is 32.6. The van der Waals surface area contributed by atoms with Gasteiger partial charge in [0.2, 0.25) is 0 Å². The van der Waals surface area contributed by atoms with Gasteiger partial charge in [0.15, 0.2) is 12.1 Å². The van der Waals surface area contributed by atoms with Crippen LogP contribution in [0.2, 0.25) is 0 Å². The molecule has 0 aromatic heterocycles. The van der Waals surface area contributed by atoms with Crippen LogP contribution in [0.1, 0.15) is 66.7 Å². The highest BCUT2D eigenvalue weighted by atomic mass is 16.7. The van der Waals surface area contributed by atoms with Crippen molar-refractivity contribution in [2.45, 2.75) is 121 Å². The van der Waals surface area contributed by atoms with Gasteiger partial charge in [0.1, 0.15) is 24.1 Å². The summed E-state index contributed by atoms with van der Waals surface area (Å²) in [6.07, 6.45) is -0.511. The topological polar surface area (TPSA) is 155 Å². The number of aliphatic hydroxyl groups is 3. The zero-order valence-electron chi connectivity index (χ0n) is 26.0. The molecule has 0 aliphatic carbocycles. The molecule has 2 saturated heterocycles. The number of aliphatic hydroxyl groups excluding tert-OH is 3. The number of hydrogen-bond donors (Lipinski definition) is 3. The first-order valence-electron chi connectivity index (χ1n) is 15.2. The van der Waals surface area contributed by atoms with Crippen LogP contribution in [0.3, 0.4) is 0 Å². The molecular weight excluding hydrogens is 546 g/mol. The molecule has 11 heteroatoms. The number of hydrogen-bond acceptors (Lipinski definition) is 11. The first-order valence-corrected chi connectivity index (χ1v) is 15.2. The number of cyclic esters (lactones) is 1. The van der Waals surface area contributed by atoms with Crippen LogP contribution in [0, 0.1) is 23.7 Å². The maximum atomic E-state index is 13.2. The Morgan fingerprint density at radius 1 is 1.17 bits per heavy atom. The summed E-state index contributed by atoms with van der Waals surface area (Å²) in [6, 6.07) is -0.240. The van der Waals surface area contributed by atoms with Crippen LogP contribution < -0.4 is 0 Å². The van der Waals surface area contributed by atoms with Crippen molar-refractivity contribution >= 4 is 18.0 Å². The Bertz CT molecular complexity index is 958. The summed E-state index contributed by atoms with van der Waals surface area (Å²) in [6.45, 7) is 8.76. The van der Waals surface area contributed by atoms with Gasteiger partial charge in [-0.05, 0) is 65.3 Å². The maximum absolute atomic E-state index is 13.2. The molecule has 0 aromatic rings. The van der Waals surface area contributed by atoms with Gasteiger partial charge in [-0.1, -0.05) is 20.8 Å². The van der Waals surface area contributed by atoms with Crippen LogP contribution in [0.5, 0.6) is 0 Å². The zero-order chi connectivity index (χ0) is 31.4. The van der Waals surface area contributed by atoms with Crippen molar-refractivity contribution in [3.63, 3.8) is 0 Å². The average Bonchev–Trinajstić information content (AvgIpc) is 3.60. The van der Waals surface area contributed by atoms with Crippen LogP contribution in [-0.2, 0) is 33.3 Å². The van der Waals surface area contributed by atoms with E-state index in [-0.39, 0.29) is 43.8 Å². The van der Waals surface area contributed by atoms with Crippen LogP contribution in [0.15, 0.2) is 12.2 Å². The number of esters is 1. The Hall–Kier alpha value is -1.73. The lowest BCUT2D eigenvalue weighted by Gasteiger charge is -2.44. The third kappa shape index (κ3) is 8.25. The summed E-state index contributed by atoms with van der Waals surface area (Å²) in [5.74, 6) is -3.00. The number of epoxide rings is 1. The molecule has 0 saturated carbocycles. The Morgan fingerprint density at radius 3 is 2.45 bits per heavy atom. The fraction of sp³-hybridized carbons (Fsp3) is 0.839. The number of ketones is 1. The highest BCUT2D eigenvalue weighted by Gasteiger charge is 2.56. The molecule has 11 nitrogen and oxygen atoms in total. The maximum Gasteiger partial charge on any atom is 0.308 e. The molecule has 3 aliphatic rings. The van der Waals surface area contributed by atoms with Crippen LogP contribution in [0.4, 0.5) is 0 Å². The molecule has 3 N–H and O–H groups in total. The minimum absolute atomic E-state index is 0.0436. The van der Waals surface area contributed by atoms with Crippen molar-refractivity contribution in [3.8, 4) is 0 Å². The van der Waals surface area contributed by atoms with E-state index >= 15 is 0 Å². The van der Waals surface area contributed by atoms with Crippen molar-refractivity contribution in [1.29, 1.82) is 0 Å². The van der Waals surface area contributed by atoms with E-state index < -0.39 is 72.1 Å². The number of aldehydes is 1. The Labute approximate surface area is 249 Å². The van der Waals surface area contributed by atoms with Gasteiger partial charge in [-0.25, -0.2) is 0 Å². The Balaban J connectivity index is 1.97. The largest absolute Gasteiger partial charge is 0.462 e. The van der Waals surface area contributed by atoms with Gasteiger partial charge in [-0.2, -0.15) is 0 Å². The van der Waals surface area contributed by atoms with Gasteiger partial charge in [-0.15, -0.1) is 0 Å². The van der Waals surface area contributed by atoms with Crippen molar-refractivity contribution in [2.24, 2.45) is 23.7 Å². The van der Waals surface area contributed by atoms with Crippen molar-refractivity contribution in [3.05, 3.63) is 12.2 Å². The highest BCUT2D eigenvalue weighted by Crippen LogP contribution is 2.45. The normalized spacial score (nSPS) is 44.7. The first-order chi connectivity index (χ1) is 19.8. The SMILES string of the molecule is CC[C@H]1OC(=O)C[C@@H](O)[C@H](C)[C@@H](O[C@@H]2O[C@H](C)C[C@@H](N(C)C)[C@H]2O)[C@@H](CC=O)C[C@@H](C)C(=O)/C=C/[C@]2(C)O[C@H]2[C@@H]1CO. The Morgan fingerprint density at radius 2 is 1.86 bits per heavy atom. The van der Waals surface area contributed by atoms with E-state index in [9.17, 15) is 29.7 Å². The number of rotatable bonds is 7. The molecule has 0 bridgehead atoms. The molecule has 0 radical (unpaired) electrons. The van der Waals surface area contributed by atoms with E-state index in [1.807, 2.05) is 39.8 Å². The lowest BCUT2D eigenvalue weighted by molar-refractivity contribution is -0.283. The number of likely N-dealkylation sites (N-methyl/N-ethyl adjacent to an activating group) is 1. The number of carbonyl (C=O) groups is 3. The predicted molar refractivity (Wildman–Crippen MR) is 153 cm³/mol. The second-order valence-corrected chi connectivity index (χ2v) is 12.8. The van der Waals surface area contributed by atoms with Gasteiger partial charge >= 0.3 is 5.97 Å². The van der Waals surface area contributed by atoms with E-state index in [4.69, 9.17) is 18.9 Å². The van der Waals surface area contributed by atoms with E-state index in [0.717, 1.165) is 6.29 Å². The number of carbonyl (C=O) groups excluding carboxylic acids is 3. The van der Waals surface area contributed by atoms with Crippen LogP contribution in [-0.4, -0.2) is 114 Å². The second-order valence-electron chi connectivity index (χ2n) is 12.8. The lowest BCUT2D eigenvalue weighted by Crippen LogP contribution is -2.56. The molecule has 2 fully saturated rings. The summed E-state index contributed by atoms with van der Waals surface area (Å²) in [5.41, 5.74) is -0.796. The highest BCUT2D eigenvalue weighted by molar-refractivity contribution is 5.91. The van der Waals surface area contributed by atoms with Gasteiger partial charge < -0.3 is 44.0 Å². The van der Waals surface area contributed by atoms with Crippen LogP contribution >= 0.6 is 0 Å². The molecule has 13 atom stereocenters. The van der Waals surface area contributed by atoms with Crippen molar-refractivity contribution < 1.29 is 48.7 Å². The van der Waals surface area contributed by atoms with Gasteiger partial charge in [0, 0.05) is 30.2 Å². The molecular formula is C31H51NO10. The molecule has 42 heavy (non-hydrogen) atoms. The molecule has 3 aliphatic heterocycles. The smallest absolute Gasteiger partial charge is 0.308 e. The first kappa shape index (κ1) is 34.8. The second kappa shape index (κ2) is 14.8. The molecule has 240 valence electrons. The fourth-order valence-corrected chi connectivity index (χ4v) is 6.50. The monoisotopic (exact) mass is 597 g/mol. The summed E-state index contributed by atoms with van der Waals surface area (Å²) in [7, 11) is 3.73. The lowest BCUT2D eigenvalue weighted by atomic mass is 9.79. The predicted octanol–water partition coefficient (Wildman–Crippen LogP) is 1.64. The molecule has 0 spiro atoms. The van der Waals surface area contributed by atoms with E-state index in [0.29, 0.717) is 12.8 Å². The third-order valence-electron chi connectivity index (χ3n) is 9.30. The number of ether oxygens (including phenoxy) is 4. The minimum Gasteiger partial charge on any atom is -0.462 e. The molecule has 0 unspecified atom stereocenters. The van der Waals surface area contributed by atoms with Gasteiger partial charge in [0.05, 0.1) is 37.4 Å². The standard InChI is InChI=1S/C31H51NO10/c1-8-25-21(16-34)29-31(5,42-29)11-9-23(35)17(2)13-20(10-12-33)28(19(4)24(36)15-26(37)40-25)41-30-27(38)22(32(6)7)14-18(3)39-30/h9,11-12,17-22,24-25,27-30,34,36,38H,8,10,13-16H2,1-7H3/b11-9+/t17-,18-,19+,20+,21-,22-,24-,25-,27-,28-,29+,30+,31+/m1/s1. The minimum atomic E-state index is -1.22. The molecule has 0 amide bonds. The number of allylic oxidation sites excluding steroid dienone is 1. The number of nitrogens with zero attached hydrogens (tertiary/aromatic N) is 1. The number of fused-ring (bicyclic) bond motifs is 1. The quantitative estimate of drug-likeness (QED) is 0.223. The average molecular weight is 598 g/mol. The van der Waals surface area contributed by atoms with Crippen LogP contribution in [0.25, 0.3) is 0 Å². The fourth-order valence-electron chi connectivity index (χ4n) is 6.50. The van der Waals surface area contributed by atoms with Gasteiger partial charge in [0.25, 0.3) is 0 Å². The Kier molecular flexibility index (Phi) is 12.3. The zero-order valence-corrected chi connectivity index (χ0v) is 26.0. The molecule has 3 rings (SSSR count). The van der Waals surface area contributed by atoms with Crippen molar-refractivity contribution in [2.75, 3.05) is 20.7 Å². The molecule has 0 aromatic carbocycles. The van der Waals surface area contributed by atoms with E-state index in [1.54, 1.807) is 19.9 Å². The van der Waals surface area contributed by atoms with Gasteiger partial charge in [-0.3, -0.25) is 9.59 Å². The van der Waals surface area contributed by atoms with E-state index in [2.05, 4.69) is 0 Å². The van der Waals surface area contributed by atoms with Crippen molar-refractivity contribution in [1.82, 2.24) is 4.90 Å². The summed E-state index contributed by atoms with van der Waals surface area (Å²) in [4.78, 5) is 40.0. The third-order valence-corrected chi connectivity index (χ3v) is 9.30. The summed E-state index contributed by atoms with van der Waals surface area (Å²) < 4.78 is 24.1. The summed E-state index contributed by atoms with van der Waals surface area (Å²) >= 11 is 0.